The fraction of sp³-hybridized carbons (Fsp3) is 0.750. The van der Waals surface area contributed by atoms with Gasteiger partial charge in [0.05, 0.1) is 10.9 Å². The van der Waals surface area contributed by atoms with Crippen molar-refractivity contribution in [3.8, 4) is 0 Å². The third-order valence-corrected chi connectivity index (χ3v) is 3.70. The van der Waals surface area contributed by atoms with Crippen molar-refractivity contribution in [2.75, 3.05) is 13.1 Å². The van der Waals surface area contributed by atoms with Gasteiger partial charge in [-0.15, -0.1) is 0 Å². The molecule has 4 N–H and O–H groups in total. The molecule has 0 aromatic heterocycles. The normalized spacial score (nSPS) is 18.7. The second-order valence-electron chi connectivity index (χ2n) is 5.13. The van der Waals surface area contributed by atoms with E-state index in [2.05, 4.69) is 0 Å². The zero-order valence-electron chi connectivity index (χ0n) is 10.9. The van der Waals surface area contributed by atoms with Crippen molar-refractivity contribution >= 4 is 29.0 Å². The van der Waals surface area contributed by atoms with Crippen LogP contribution >= 0.6 is 12.2 Å². The second kappa shape index (κ2) is 6.13. The van der Waals surface area contributed by atoms with Gasteiger partial charge in [-0.25, -0.2) is 0 Å². The van der Waals surface area contributed by atoms with Crippen LogP contribution in [0.1, 0.15) is 26.7 Å². The number of carbonyl (C=O) groups excluding carboxylic acids is 2. The van der Waals surface area contributed by atoms with Gasteiger partial charge in [-0.3, -0.25) is 9.59 Å². The molecule has 0 bridgehead atoms. The fourth-order valence-electron chi connectivity index (χ4n) is 2.32. The average Bonchev–Trinajstić information content (AvgIpc) is 2.28. The van der Waals surface area contributed by atoms with Crippen molar-refractivity contribution in [1.82, 2.24) is 4.90 Å². The van der Waals surface area contributed by atoms with Crippen LogP contribution in [-0.4, -0.2) is 34.8 Å². The number of amides is 2. The van der Waals surface area contributed by atoms with E-state index in [1.165, 1.54) is 0 Å². The number of carbonyl (C=O) groups is 2. The Morgan fingerprint density at radius 1 is 1.22 bits per heavy atom. The van der Waals surface area contributed by atoms with Crippen molar-refractivity contribution in [2.24, 2.45) is 29.2 Å². The maximum absolute atomic E-state index is 12.3. The van der Waals surface area contributed by atoms with Crippen molar-refractivity contribution < 1.29 is 9.59 Å². The Labute approximate surface area is 113 Å². The maximum Gasteiger partial charge on any atom is 0.232 e. The molecular weight excluding hydrogens is 250 g/mol. The number of likely N-dealkylation sites (tertiary alicyclic amines) is 1. The number of hydrogen-bond donors (Lipinski definition) is 2. The predicted molar refractivity (Wildman–Crippen MR) is 73.6 cm³/mol. The third kappa shape index (κ3) is 3.41. The molecule has 1 heterocycles. The first kappa shape index (κ1) is 14.9. The summed E-state index contributed by atoms with van der Waals surface area (Å²) in [4.78, 5) is 25.3. The Morgan fingerprint density at radius 3 is 2.06 bits per heavy atom. The van der Waals surface area contributed by atoms with Crippen LogP contribution in [0.3, 0.4) is 0 Å². The summed E-state index contributed by atoms with van der Waals surface area (Å²) >= 11 is 4.96. The number of rotatable bonds is 4. The Balaban J connectivity index is 2.64. The van der Waals surface area contributed by atoms with Gasteiger partial charge in [0.2, 0.25) is 11.8 Å². The van der Waals surface area contributed by atoms with Gasteiger partial charge in [-0.2, -0.15) is 0 Å². The van der Waals surface area contributed by atoms with E-state index in [4.69, 9.17) is 23.7 Å². The number of thiocarbonyl (C=S) groups is 1. The van der Waals surface area contributed by atoms with Gasteiger partial charge in [-0.05, 0) is 18.8 Å². The van der Waals surface area contributed by atoms with Gasteiger partial charge < -0.3 is 16.4 Å². The SMILES string of the molecule is CC(C)C(C(=O)N1CCC(C(N)=O)CC1)C(N)=S. The van der Waals surface area contributed by atoms with Crippen LogP contribution in [-0.2, 0) is 9.59 Å². The molecule has 0 aromatic rings. The van der Waals surface area contributed by atoms with E-state index in [9.17, 15) is 9.59 Å². The van der Waals surface area contributed by atoms with Gasteiger partial charge in [0.1, 0.15) is 0 Å². The van der Waals surface area contributed by atoms with Crippen LogP contribution < -0.4 is 11.5 Å². The van der Waals surface area contributed by atoms with Crippen molar-refractivity contribution in [3.05, 3.63) is 0 Å². The van der Waals surface area contributed by atoms with Crippen LogP contribution in [0.25, 0.3) is 0 Å². The van der Waals surface area contributed by atoms with Gasteiger partial charge >= 0.3 is 0 Å². The quantitative estimate of drug-likeness (QED) is 0.718. The standard InChI is InChI=1S/C12H21N3O2S/c1-7(2)9(11(14)18)12(17)15-5-3-8(4-6-15)10(13)16/h7-9H,3-6H2,1-2H3,(H2,13,16)(H2,14,18). The second-order valence-corrected chi connectivity index (χ2v) is 5.60. The molecule has 1 atom stereocenters. The van der Waals surface area contributed by atoms with Crippen LogP contribution in [0.15, 0.2) is 0 Å². The highest BCUT2D eigenvalue weighted by Crippen LogP contribution is 2.21. The van der Waals surface area contributed by atoms with Gasteiger partial charge in [0.25, 0.3) is 0 Å². The van der Waals surface area contributed by atoms with Gasteiger partial charge in [0, 0.05) is 19.0 Å². The predicted octanol–water partition coefficient (Wildman–Crippen LogP) is 0.269. The van der Waals surface area contributed by atoms with Crippen LogP contribution in [0.5, 0.6) is 0 Å². The Kier molecular flexibility index (Phi) is 5.07. The van der Waals surface area contributed by atoms with Gasteiger partial charge in [0.15, 0.2) is 0 Å². The number of primary amides is 1. The molecule has 18 heavy (non-hydrogen) atoms. The van der Waals surface area contributed by atoms with E-state index in [1.807, 2.05) is 13.8 Å². The molecule has 1 aliphatic heterocycles. The first-order valence-corrected chi connectivity index (χ1v) is 6.62. The maximum atomic E-state index is 12.3. The first-order chi connectivity index (χ1) is 8.34. The molecule has 6 heteroatoms. The molecule has 5 nitrogen and oxygen atoms in total. The van der Waals surface area contributed by atoms with Crippen molar-refractivity contribution in [1.29, 1.82) is 0 Å². The molecule has 0 aliphatic carbocycles. The Bertz CT molecular complexity index is 349. The summed E-state index contributed by atoms with van der Waals surface area (Å²) in [5, 5.41) is 0. The number of nitrogens with zero attached hydrogens (tertiary/aromatic N) is 1. The molecular formula is C12H21N3O2S. The minimum Gasteiger partial charge on any atom is -0.393 e. The fourth-order valence-corrected chi connectivity index (χ4v) is 2.69. The van der Waals surface area contributed by atoms with E-state index in [1.54, 1.807) is 4.90 Å². The monoisotopic (exact) mass is 271 g/mol. The average molecular weight is 271 g/mol. The van der Waals surface area contributed by atoms with Crippen LogP contribution in [0, 0.1) is 17.8 Å². The Hall–Kier alpha value is -1.17. The lowest BCUT2D eigenvalue weighted by Gasteiger charge is -2.34. The summed E-state index contributed by atoms with van der Waals surface area (Å²) in [5.41, 5.74) is 10.9. The molecule has 1 aliphatic rings. The van der Waals surface area contributed by atoms with E-state index in [0.717, 1.165) is 0 Å². The lowest BCUT2D eigenvalue weighted by molar-refractivity contribution is -0.137. The highest BCUT2D eigenvalue weighted by molar-refractivity contribution is 7.80. The highest BCUT2D eigenvalue weighted by atomic mass is 32.1. The number of piperidine rings is 1. The number of nitrogens with two attached hydrogens (primary N) is 2. The third-order valence-electron chi connectivity index (χ3n) is 3.45. The summed E-state index contributed by atoms with van der Waals surface area (Å²) in [6.45, 7) is 4.96. The molecule has 0 saturated carbocycles. The summed E-state index contributed by atoms with van der Waals surface area (Å²) in [7, 11) is 0. The van der Waals surface area contributed by atoms with E-state index < -0.39 is 5.92 Å². The number of hydrogen-bond acceptors (Lipinski definition) is 3. The minimum absolute atomic E-state index is 0.0274. The van der Waals surface area contributed by atoms with Crippen LogP contribution in [0.4, 0.5) is 0 Å². The summed E-state index contributed by atoms with van der Waals surface area (Å²) in [6, 6.07) is 0. The Morgan fingerprint density at radius 2 is 1.72 bits per heavy atom. The lowest BCUT2D eigenvalue weighted by atomic mass is 9.91. The van der Waals surface area contributed by atoms with E-state index in [0.29, 0.717) is 25.9 Å². The molecule has 0 aromatic carbocycles. The summed E-state index contributed by atoms with van der Waals surface area (Å²) < 4.78 is 0. The largest absolute Gasteiger partial charge is 0.393 e. The van der Waals surface area contributed by atoms with Gasteiger partial charge in [-0.1, -0.05) is 26.1 Å². The molecule has 1 fully saturated rings. The highest BCUT2D eigenvalue weighted by Gasteiger charge is 2.32. The molecule has 2 amide bonds. The molecule has 0 radical (unpaired) electrons. The van der Waals surface area contributed by atoms with E-state index >= 15 is 0 Å². The van der Waals surface area contributed by atoms with Crippen LogP contribution in [0.2, 0.25) is 0 Å². The molecule has 0 spiro atoms. The zero-order valence-corrected chi connectivity index (χ0v) is 11.7. The molecule has 1 saturated heterocycles. The summed E-state index contributed by atoms with van der Waals surface area (Å²) in [5.74, 6) is -0.748. The topological polar surface area (TPSA) is 89.4 Å². The smallest absolute Gasteiger partial charge is 0.232 e. The minimum atomic E-state index is -0.412. The lowest BCUT2D eigenvalue weighted by Crippen LogP contribution is -2.48. The molecule has 102 valence electrons. The molecule has 1 unspecified atom stereocenters. The summed E-state index contributed by atoms with van der Waals surface area (Å²) in [6.07, 6.45) is 1.26. The van der Waals surface area contributed by atoms with Crippen molar-refractivity contribution in [3.63, 3.8) is 0 Å². The zero-order chi connectivity index (χ0) is 13.9. The van der Waals surface area contributed by atoms with E-state index in [-0.39, 0.29) is 28.6 Å². The molecule has 1 rings (SSSR count). The van der Waals surface area contributed by atoms with Crippen molar-refractivity contribution in [2.45, 2.75) is 26.7 Å². The first-order valence-electron chi connectivity index (χ1n) is 6.22.